The van der Waals surface area contributed by atoms with Crippen molar-refractivity contribution in [2.45, 2.75) is 32.4 Å². The Balaban J connectivity index is 1.90. The first-order chi connectivity index (χ1) is 10.4. The number of carbonyl (C=O) groups excluding carboxylic acids is 1. The third-order valence-electron chi connectivity index (χ3n) is 4.18. The lowest BCUT2D eigenvalue weighted by molar-refractivity contribution is -0.127. The first kappa shape index (κ1) is 16.5. The normalized spacial score (nSPS) is 17.0. The van der Waals surface area contributed by atoms with E-state index < -0.39 is 5.67 Å². The van der Waals surface area contributed by atoms with E-state index in [0.29, 0.717) is 11.5 Å². The summed E-state index contributed by atoms with van der Waals surface area (Å²) in [5.74, 6) is 0.512. The number of allylic oxidation sites excluding steroid dienone is 1. The molecule has 22 heavy (non-hydrogen) atoms. The largest absolute Gasteiger partial charge is 0.339 e. The molecule has 0 bridgehead atoms. The second-order valence-corrected chi connectivity index (χ2v) is 6.32. The van der Waals surface area contributed by atoms with Crippen LogP contribution in [0.1, 0.15) is 37.8 Å². The van der Waals surface area contributed by atoms with Crippen LogP contribution in [0.25, 0.3) is 6.08 Å². The summed E-state index contributed by atoms with van der Waals surface area (Å²) in [6, 6.07) is 7.57. The van der Waals surface area contributed by atoms with Crippen molar-refractivity contribution in [2.75, 3.05) is 13.1 Å². The number of piperidine rings is 1. The molecule has 1 aromatic rings. The van der Waals surface area contributed by atoms with E-state index in [4.69, 9.17) is 0 Å². The third kappa shape index (κ3) is 4.30. The lowest BCUT2D eigenvalue weighted by Crippen LogP contribution is -2.36. The smallest absolute Gasteiger partial charge is 0.245 e. The second-order valence-electron chi connectivity index (χ2n) is 6.32. The Labute approximate surface area is 132 Å². The summed E-state index contributed by atoms with van der Waals surface area (Å²) < 4.78 is 13.8. The molecule has 118 valence electrons. The fourth-order valence-electron chi connectivity index (χ4n) is 2.68. The first-order valence-corrected chi connectivity index (χ1v) is 7.79. The molecule has 1 saturated heterocycles. The maximum Gasteiger partial charge on any atom is 0.245 e. The second kappa shape index (κ2) is 6.91. The molecule has 2 nitrogen and oxygen atoms in total. The van der Waals surface area contributed by atoms with Gasteiger partial charge in [-0.25, -0.2) is 4.39 Å². The molecule has 0 saturated carbocycles. The maximum absolute atomic E-state index is 13.8. The molecule has 1 aliphatic heterocycles. The van der Waals surface area contributed by atoms with Gasteiger partial charge in [-0.1, -0.05) is 43.0 Å². The van der Waals surface area contributed by atoms with Crippen molar-refractivity contribution in [3.05, 3.63) is 54.1 Å². The van der Waals surface area contributed by atoms with Gasteiger partial charge in [0.1, 0.15) is 5.67 Å². The van der Waals surface area contributed by atoms with Crippen molar-refractivity contribution >= 4 is 12.0 Å². The molecule has 1 amide bonds. The highest BCUT2D eigenvalue weighted by molar-refractivity contribution is 5.87. The van der Waals surface area contributed by atoms with Gasteiger partial charge in [0, 0.05) is 13.1 Å². The van der Waals surface area contributed by atoms with E-state index in [-0.39, 0.29) is 5.91 Å². The van der Waals surface area contributed by atoms with Crippen LogP contribution >= 0.6 is 0 Å². The molecular weight excluding hydrogens is 277 g/mol. The summed E-state index contributed by atoms with van der Waals surface area (Å²) in [6.07, 6.45) is 7.62. The van der Waals surface area contributed by atoms with Crippen LogP contribution in [0.15, 0.2) is 43.0 Å². The Morgan fingerprint density at radius 3 is 2.36 bits per heavy atom. The number of hydrogen-bond donors (Lipinski definition) is 0. The van der Waals surface area contributed by atoms with Crippen molar-refractivity contribution in [1.29, 1.82) is 0 Å². The molecule has 0 atom stereocenters. The molecule has 0 aliphatic carbocycles. The van der Waals surface area contributed by atoms with Gasteiger partial charge in [-0.3, -0.25) is 4.79 Å². The molecule has 0 N–H and O–H groups in total. The number of likely N-dealkylation sites (tertiary alicyclic amines) is 1. The summed E-state index contributed by atoms with van der Waals surface area (Å²) in [7, 11) is 0. The van der Waals surface area contributed by atoms with Crippen molar-refractivity contribution in [3.63, 3.8) is 0 Å². The van der Waals surface area contributed by atoms with Gasteiger partial charge < -0.3 is 4.90 Å². The maximum atomic E-state index is 13.8. The standard InChI is InChI=1S/C19H24FNO/c1-4-18(22)21-13-11-16(12-14-21)6-5-15-7-9-17(10-8-15)19(2,3)20/h4-10,16H,1,11-14H2,2-3H3/b6-5+. The zero-order valence-electron chi connectivity index (χ0n) is 13.4. The molecule has 0 spiro atoms. The van der Waals surface area contributed by atoms with Crippen LogP contribution in [0, 0.1) is 5.92 Å². The number of hydrogen-bond acceptors (Lipinski definition) is 1. The van der Waals surface area contributed by atoms with Crippen LogP contribution in [-0.2, 0) is 10.5 Å². The molecular formula is C19H24FNO. The topological polar surface area (TPSA) is 20.3 Å². The van der Waals surface area contributed by atoms with E-state index in [9.17, 15) is 9.18 Å². The van der Waals surface area contributed by atoms with E-state index >= 15 is 0 Å². The molecule has 0 unspecified atom stereocenters. The predicted molar refractivity (Wildman–Crippen MR) is 89.1 cm³/mol. The molecule has 1 aromatic carbocycles. The molecule has 1 heterocycles. The lowest BCUT2D eigenvalue weighted by Gasteiger charge is -2.29. The van der Waals surface area contributed by atoms with Crippen LogP contribution in [0.3, 0.4) is 0 Å². The van der Waals surface area contributed by atoms with Crippen LogP contribution in [0.4, 0.5) is 4.39 Å². The molecule has 2 rings (SSSR count). The SMILES string of the molecule is C=CC(=O)N1CCC(/C=C/c2ccc(C(C)(C)F)cc2)CC1. The highest BCUT2D eigenvalue weighted by Crippen LogP contribution is 2.25. The van der Waals surface area contributed by atoms with E-state index in [1.807, 2.05) is 29.2 Å². The Morgan fingerprint density at radius 2 is 1.86 bits per heavy atom. The van der Waals surface area contributed by atoms with Crippen molar-refractivity contribution in [2.24, 2.45) is 5.92 Å². The molecule has 0 aromatic heterocycles. The van der Waals surface area contributed by atoms with Crippen molar-refractivity contribution < 1.29 is 9.18 Å². The lowest BCUT2D eigenvalue weighted by atomic mass is 9.94. The van der Waals surface area contributed by atoms with Gasteiger partial charge >= 0.3 is 0 Å². The van der Waals surface area contributed by atoms with Crippen LogP contribution in [0.2, 0.25) is 0 Å². The summed E-state index contributed by atoms with van der Waals surface area (Å²) >= 11 is 0. The summed E-state index contributed by atoms with van der Waals surface area (Å²) in [4.78, 5) is 13.4. The van der Waals surface area contributed by atoms with Gasteiger partial charge in [-0.2, -0.15) is 0 Å². The van der Waals surface area contributed by atoms with Crippen LogP contribution in [-0.4, -0.2) is 23.9 Å². The van der Waals surface area contributed by atoms with Gasteiger partial charge in [0.15, 0.2) is 0 Å². The van der Waals surface area contributed by atoms with Gasteiger partial charge in [-0.15, -0.1) is 0 Å². The first-order valence-electron chi connectivity index (χ1n) is 7.79. The van der Waals surface area contributed by atoms with Gasteiger partial charge in [-0.05, 0) is 49.8 Å². The highest BCUT2D eigenvalue weighted by Gasteiger charge is 2.20. The Kier molecular flexibility index (Phi) is 5.17. The van der Waals surface area contributed by atoms with Crippen LogP contribution < -0.4 is 0 Å². The fraction of sp³-hybridized carbons (Fsp3) is 0.421. The van der Waals surface area contributed by atoms with E-state index in [2.05, 4.69) is 18.7 Å². The number of nitrogens with zero attached hydrogens (tertiary/aromatic N) is 1. The number of amides is 1. The predicted octanol–water partition coefficient (Wildman–Crippen LogP) is 4.33. The van der Waals surface area contributed by atoms with E-state index in [0.717, 1.165) is 31.5 Å². The zero-order valence-corrected chi connectivity index (χ0v) is 13.4. The van der Waals surface area contributed by atoms with Gasteiger partial charge in [0.25, 0.3) is 0 Å². The zero-order chi connectivity index (χ0) is 16.2. The molecule has 0 radical (unpaired) electrons. The molecule has 1 fully saturated rings. The highest BCUT2D eigenvalue weighted by atomic mass is 19.1. The summed E-state index contributed by atoms with van der Waals surface area (Å²) in [6.45, 7) is 8.23. The third-order valence-corrected chi connectivity index (χ3v) is 4.18. The number of alkyl halides is 1. The minimum Gasteiger partial charge on any atom is -0.339 e. The monoisotopic (exact) mass is 301 g/mol. The summed E-state index contributed by atoms with van der Waals surface area (Å²) in [5.41, 5.74) is 0.478. The van der Waals surface area contributed by atoms with E-state index in [1.165, 1.54) is 6.08 Å². The minimum atomic E-state index is -1.30. The van der Waals surface area contributed by atoms with Crippen molar-refractivity contribution in [1.82, 2.24) is 4.90 Å². The number of carbonyl (C=O) groups is 1. The molecule has 3 heteroatoms. The minimum absolute atomic E-state index is 0.0202. The Bertz CT molecular complexity index is 546. The van der Waals surface area contributed by atoms with Gasteiger partial charge in [0.2, 0.25) is 5.91 Å². The molecule has 1 aliphatic rings. The average Bonchev–Trinajstić information content (AvgIpc) is 2.52. The quantitative estimate of drug-likeness (QED) is 0.758. The van der Waals surface area contributed by atoms with Gasteiger partial charge in [0.05, 0.1) is 0 Å². The average molecular weight is 301 g/mol. The number of halogens is 1. The fourth-order valence-corrected chi connectivity index (χ4v) is 2.68. The Hall–Kier alpha value is -1.90. The van der Waals surface area contributed by atoms with Crippen molar-refractivity contribution in [3.8, 4) is 0 Å². The van der Waals surface area contributed by atoms with Crippen LogP contribution in [0.5, 0.6) is 0 Å². The number of rotatable bonds is 4. The number of benzene rings is 1. The van der Waals surface area contributed by atoms with E-state index in [1.54, 1.807) is 13.8 Å². The summed E-state index contributed by atoms with van der Waals surface area (Å²) in [5, 5.41) is 0. The Morgan fingerprint density at radius 1 is 1.27 bits per heavy atom.